The van der Waals surface area contributed by atoms with Crippen LogP contribution in [0.3, 0.4) is 0 Å². The molecule has 0 aliphatic heterocycles. The van der Waals surface area contributed by atoms with Crippen LogP contribution in [-0.4, -0.2) is 26.8 Å². The average Bonchev–Trinajstić information content (AvgIpc) is 2.42. The van der Waals surface area contributed by atoms with Crippen LogP contribution < -0.4 is 0 Å². The molecule has 0 amide bonds. The van der Waals surface area contributed by atoms with E-state index >= 15 is 0 Å². The van der Waals surface area contributed by atoms with Crippen molar-refractivity contribution in [1.82, 2.24) is 9.97 Å². The van der Waals surface area contributed by atoms with Crippen LogP contribution in [0.4, 0.5) is 0 Å². The molecule has 0 aromatic carbocycles. The van der Waals surface area contributed by atoms with Gasteiger partial charge in [0.15, 0.2) is 5.16 Å². The molecule has 0 radical (unpaired) electrons. The second kappa shape index (κ2) is 10.8. The molecule has 1 rings (SSSR count). The first kappa shape index (κ1) is 16.0. The van der Waals surface area contributed by atoms with Gasteiger partial charge >= 0.3 is 5.97 Å². The zero-order valence-electron chi connectivity index (χ0n) is 11.3. The number of unbranched alkanes of at least 4 members (excludes halogenated alkanes) is 6. The van der Waals surface area contributed by atoms with Gasteiger partial charge in [0.05, 0.1) is 0 Å². The van der Waals surface area contributed by atoms with Gasteiger partial charge in [-0.1, -0.05) is 43.9 Å². The molecule has 0 unspecified atom stereocenters. The molecule has 0 atom stereocenters. The first-order valence-corrected chi connectivity index (χ1v) is 7.89. The highest BCUT2D eigenvalue weighted by Gasteiger charge is 1.98. The molecule has 0 aliphatic rings. The van der Waals surface area contributed by atoms with Gasteiger partial charge in [0, 0.05) is 24.6 Å². The highest BCUT2D eigenvalue weighted by atomic mass is 32.2. The smallest absolute Gasteiger partial charge is 0.303 e. The molecule has 0 saturated heterocycles. The molecule has 0 aliphatic carbocycles. The molecule has 19 heavy (non-hydrogen) atoms. The zero-order chi connectivity index (χ0) is 13.8. The van der Waals surface area contributed by atoms with Gasteiger partial charge in [-0.2, -0.15) is 0 Å². The van der Waals surface area contributed by atoms with Crippen molar-refractivity contribution in [2.45, 2.75) is 56.5 Å². The van der Waals surface area contributed by atoms with E-state index in [0.717, 1.165) is 30.2 Å². The number of nitrogens with zero attached hydrogens (tertiary/aromatic N) is 2. The predicted octanol–water partition coefficient (Wildman–Crippen LogP) is 3.77. The van der Waals surface area contributed by atoms with Crippen LogP contribution in [0.2, 0.25) is 0 Å². The Morgan fingerprint density at radius 3 is 2.21 bits per heavy atom. The Balaban J connectivity index is 1.83. The highest BCUT2D eigenvalue weighted by molar-refractivity contribution is 7.99. The fourth-order valence-corrected chi connectivity index (χ4v) is 2.59. The van der Waals surface area contributed by atoms with Crippen molar-refractivity contribution in [3.05, 3.63) is 18.5 Å². The summed E-state index contributed by atoms with van der Waals surface area (Å²) >= 11 is 1.71. The lowest BCUT2D eigenvalue weighted by Crippen LogP contribution is -1.93. The number of carbonyl (C=O) groups is 1. The van der Waals surface area contributed by atoms with Gasteiger partial charge in [-0.15, -0.1) is 0 Å². The molecule has 1 aromatic heterocycles. The van der Waals surface area contributed by atoms with E-state index in [2.05, 4.69) is 9.97 Å². The average molecular weight is 282 g/mol. The third kappa shape index (κ3) is 9.47. The van der Waals surface area contributed by atoms with Gasteiger partial charge in [0.25, 0.3) is 0 Å². The topological polar surface area (TPSA) is 63.1 Å². The standard InChI is InChI=1S/C14H22N2O2S/c17-13(18)9-6-4-2-1-3-5-7-12-19-14-15-10-8-11-16-14/h8,10-11H,1-7,9,12H2,(H,17,18). The number of thioether (sulfide) groups is 1. The Bertz CT molecular complexity index is 347. The van der Waals surface area contributed by atoms with E-state index in [0.29, 0.717) is 6.42 Å². The van der Waals surface area contributed by atoms with E-state index in [1.54, 1.807) is 24.2 Å². The monoisotopic (exact) mass is 282 g/mol. The van der Waals surface area contributed by atoms with Gasteiger partial charge < -0.3 is 5.11 Å². The second-order valence-corrected chi connectivity index (χ2v) is 5.56. The number of aliphatic carboxylic acids is 1. The summed E-state index contributed by atoms with van der Waals surface area (Å²) in [5.41, 5.74) is 0. The lowest BCUT2D eigenvalue weighted by molar-refractivity contribution is -0.137. The normalized spacial score (nSPS) is 10.5. The van der Waals surface area contributed by atoms with Gasteiger partial charge in [0.2, 0.25) is 0 Å². The van der Waals surface area contributed by atoms with E-state index in [9.17, 15) is 4.79 Å². The van der Waals surface area contributed by atoms with E-state index in [1.165, 1.54) is 25.7 Å². The van der Waals surface area contributed by atoms with Crippen molar-refractivity contribution in [1.29, 1.82) is 0 Å². The maximum atomic E-state index is 10.3. The first-order valence-electron chi connectivity index (χ1n) is 6.90. The molecule has 106 valence electrons. The van der Waals surface area contributed by atoms with E-state index < -0.39 is 5.97 Å². The number of hydrogen-bond donors (Lipinski definition) is 1. The lowest BCUT2D eigenvalue weighted by Gasteiger charge is -2.01. The second-order valence-electron chi connectivity index (χ2n) is 4.50. The Morgan fingerprint density at radius 1 is 1.00 bits per heavy atom. The van der Waals surface area contributed by atoms with Crippen molar-refractivity contribution in [3.8, 4) is 0 Å². The maximum Gasteiger partial charge on any atom is 0.303 e. The van der Waals surface area contributed by atoms with Crippen LogP contribution in [0.15, 0.2) is 23.6 Å². The van der Waals surface area contributed by atoms with E-state index in [4.69, 9.17) is 5.11 Å². The minimum atomic E-state index is -0.680. The van der Waals surface area contributed by atoms with Crippen molar-refractivity contribution < 1.29 is 9.90 Å². The predicted molar refractivity (Wildman–Crippen MR) is 77.3 cm³/mol. The largest absolute Gasteiger partial charge is 0.481 e. The summed E-state index contributed by atoms with van der Waals surface area (Å²) in [6, 6.07) is 1.83. The Labute approximate surface area is 119 Å². The summed E-state index contributed by atoms with van der Waals surface area (Å²) in [6.45, 7) is 0. The van der Waals surface area contributed by atoms with Crippen molar-refractivity contribution in [2.75, 3.05) is 5.75 Å². The summed E-state index contributed by atoms with van der Waals surface area (Å²) in [7, 11) is 0. The van der Waals surface area contributed by atoms with Gasteiger partial charge in [-0.25, -0.2) is 9.97 Å². The SMILES string of the molecule is O=C(O)CCCCCCCCCSc1ncccn1. The number of hydrogen-bond acceptors (Lipinski definition) is 4. The number of rotatable bonds is 11. The highest BCUT2D eigenvalue weighted by Crippen LogP contribution is 2.15. The Kier molecular flexibility index (Phi) is 9.06. The molecule has 0 fully saturated rings. The van der Waals surface area contributed by atoms with Crippen LogP contribution in [0.25, 0.3) is 0 Å². The summed E-state index contributed by atoms with van der Waals surface area (Å²) in [5, 5.41) is 9.35. The minimum Gasteiger partial charge on any atom is -0.481 e. The van der Waals surface area contributed by atoms with Crippen molar-refractivity contribution in [3.63, 3.8) is 0 Å². The molecule has 1 heterocycles. The number of aromatic nitrogens is 2. The fraction of sp³-hybridized carbons (Fsp3) is 0.643. The maximum absolute atomic E-state index is 10.3. The van der Waals surface area contributed by atoms with Gasteiger partial charge in [0.1, 0.15) is 0 Å². The summed E-state index contributed by atoms with van der Waals surface area (Å²) in [4.78, 5) is 18.6. The number of carboxylic acids is 1. The Morgan fingerprint density at radius 2 is 1.58 bits per heavy atom. The lowest BCUT2D eigenvalue weighted by atomic mass is 10.1. The van der Waals surface area contributed by atoms with Crippen molar-refractivity contribution in [2.24, 2.45) is 0 Å². The molecule has 1 aromatic rings. The number of carboxylic acid groups (broad SMARTS) is 1. The summed E-state index contributed by atoms with van der Waals surface area (Å²) in [5.74, 6) is 0.392. The van der Waals surface area contributed by atoms with Gasteiger partial charge in [-0.05, 0) is 18.9 Å². The van der Waals surface area contributed by atoms with Crippen LogP contribution in [0.5, 0.6) is 0 Å². The molecule has 0 spiro atoms. The molecule has 1 N–H and O–H groups in total. The van der Waals surface area contributed by atoms with Crippen LogP contribution in [0.1, 0.15) is 51.4 Å². The minimum absolute atomic E-state index is 0.313. The summed E-state index contributed by atoms with van der Waals surface area (Å²) in [6.07, 6.45) is 11.7. The van der Waals surface area contributed by atoms with Crippen molar-refractivity contribution >= 4 is 17.7 Å². The quantitative estimate of drug-likeness (QED) is 0.380. The fourth-order valence-electron chi connectivity index (χ4n) is 1.79. The zero-order valence-corrected chi connectivity index (χ0v) is 12.1. The third-order valence-electron chi connectivity index (χ3n) is 2.81. The van der Waals surface area contributed by atoms with Gasteiger partial charge in [-0.3, -0.25) is 4.79 Å². The van der Waals surface area contributed by atoms with Crippen LogP contribution >= 0.6 is 11.8 Å². The molecular formula is C14H22N2O2S. The van der Waals surface area contributed by atoms with E-state index in [-0.39, 0.29) is 0 Å². The molecule has 5 heteroatoms. The first-order chi connectivity index (χ1) is 9.29. The molecular weight excluding hydrogens is 260 g/mol. The Hall–Kier alpha value is -1.10. The van der Waals surface area contributed by atoms with E-state index in [1.807, 2.05) is 6.07 Å². The molecule has 4 nitrogen and oxygen atoms in total. The third-order valence-corrected chi connectivity index (χ3v) is 3.77. The molecule has 0 saturated carbocycles. The molecule has 0 bridgehead atoms. The van der Waals surface area contributed by atoms with Crippen LogP contribution in [0, 0.1) is 0 Å². The summed E-state index contributed by atoms with van der Waals surface area (Å²) < 4.78 is 0. The van der Waals surface area contributed by atoms with Crippen LogP contribution in [-0.2, 0) is 4.79 Å².